The number of rotatable bonds is 10. The van der Waals surface area contributed by atoms with Crippen molar-refractivity contribution in [2.24, 2.45) is 5.73 Å². The highest BCUT2D eigenvalue weighted by Crippen LogP contribution is 2.30. The number of aliphatic hydroxyl groups is 1. The van der Waals surface area contributed by atoms with Crippen molar-refractivity contribution >= 4 is 23.5 Å². The Balaban J connectivity index is 0.000000544. The number of likely N-dealkylation sites (tertiary alicyclic amines) is 1. The van der Waals surface area contributed by atoms with Gasteiger partial charge in [-0.25, -0.2) is 4.39 Å². The second-order valence-corrected chi connectivity index (χ2v) is 11.1. The maximum Gasteiger partial charge on any atom is 0.209 e. The van der Waals surface area contributed by atoms with E-state index in [0.29, 0.717) is 6.61 Å². The Morgan fingerprint density at radius 3 is 2.38 bits per heavy atom. The van der Waals surface area contributed by atoms with Crippen molar-refractivity contribution in [1.82, 2.24) is 4.90 Å². The van der Waals surface area contributed by atoms with Gasteiger partial charge in [-0.3, -0.25) is 4.79 Å². The molecule has 1 amide bonds. The number of amides is 1. The molecule has 0 spiro atoms. The summed E-state index contributed by atoms with van der Waals surface area (Å²) in [6, 6.07) is 15.2. The van der Waals surface area contributed by atoms with E-state index in [2.05, 4.69) is 48.2 Å². The van der Waals surface area contributed by atoms with E-state index in [1.165, 1.54) is 12.1 Å². The number of allylic oxidation sites excluding steroid dienone is 3. The van der Waals surface area contributed by atoms with Crippen LogP contribution < -0.4 is 15.5 Å². The molecule has 3 N–H and O–H groups in total. The quantitative estimate of drug-likeness (QED) is 0.244. The first-order valence-corrected chi connectivity index (χ1v) is 16.1. The van der Waals surface area contributed by atoms with Gasteiger partial charge in [-0.1, -0.05) is 38.5 Å². The Labute approximate surface area is 269 Å². The molecule has 1 unspecified atom stereocenters. The summed E-state index contributed by atoms with van der Waals surface area (Å²) in [5.74, 6) is -0.516. The lowest BCUT2D eigenvalue weighted by atomic mass is 10.0. The van der Waals surface area contributed by atoms with Crippen LogP contribution in [0.15, 0.2) is 60.2 Å². The molecular formula is C36H52FN5O3. The molecule has 0 radical (unpaired) electrons. The average molecular weight is 622 g/mol. The maximum atomic E-state index is 14.4. The number of nitriles is 1. The molecule has 4 rings (SSSR count). The van der Waals surface area contributed by atoms with Crippen LogP contribution in [0.25, 0.3) is 5.70 Å². The Morgan fingerprint density at radius 2 is 1.84 bits per heavy atom. The zero-order chi connectivity index (χ0) is 33.2. The molecule has 0 aliphatic carbocycles. The first-order valence-electron chi connectivity index (χ1n) is 16.1. The van der Waals surface area contributed by atoms with Crippen molar-refractivity contribution in [2.45, 2.75) is 71.9 Å². The van der Waals surface area contributed by atoms with E-state index in [1.807, 2.05) is 38.8 Å². The van der Waals surface area contributed by atoms with Crippen LogP contribution in [0.3, 0.4) is 0 Å². The van der Waals surface area contributed by atoms with Crippen LogP contribution in [-0.2, 0) is 9.53 Å². The van der Waals surface area contributed by atoms with Gasteiger partial charge in [-0.2, -0.15) is 5.26 Å². The third kappa shape index (κ3) is 12.0. The molecule has 45 heavy (non-hydrogen) atoms. The monoisotopic (exact) mass is 621 g/mol. The summed E-state index contributed by atoms with van der Waals surface area (Å²) in [5.41, 5.74) is 10.5. The number of carbonyl (C=O) groups is 1. The number of nitrogens with two attached hydrogens (primary N) is 1. The van der Waals surface area contributed by atoms with Gasteiger partial charge in [-0.05, 0) is 81.5 Å². The summed E-state index contributed by atoms with van der Waals surface area (Å²) in [6.07, 6.45) is 10.2. The molecule has 2 aromatic carbocycles. The molecule has 2 fully saturated rings. The summed E-state index contributed by atoms with van der Waals surface area (Å²) in [4.78, 5) is 16.3. The summed E-state index contributed by atoms with van der Waals surface area (Å²) in [7, 11) is 1.97. The van der Waals surface area contributed by atoms with Crippen LogP contribution in [-0.4, -0.2) is 75.0 Å². The highest BCUT2D eigenvalue weighted by Gasteiger charge is 2.20. The van der Waals surface area contributed by atoms with Gasteiger partial charge in [0, 0.05) is 61.9 Å². The van der Waals surface area contributed by atoms with E-state index in [-0.39, 0.29) is 24.3 Å². The minimum Gasteiger partial charge on any atom is -0.394 e. The normalized spacial score (nSPS) is 17.4. The van der Waals surface area contributed by atoms with Crippen LogP contribution in [0.4, 0.5) is 15.8 Å². The van der Waals surface area contributed by atoms with Gasteiger partial charge in [0.05, 0.1) is 24.9 Å². The lowest BCUT2D eigenvalue weighted by Gasteiger charge is -2.34. The molecule has 0 bridgehead atoms. The predicted molar refractivity (Wildman–Crippen MR) is 182 cm³/mol. The van der Waals surface area contributed by atoms with E-state index >= 15 is 0 Å². The number of ether oxygens (including phenoxy) is 1. The number of hydrogen-bond acceptors (Lipinski definition) is 7. The maximum absolute atomic E-state index is 14.4. The number of hydrogen-bond donors (Lipinski definition) is 2. The van der Waals surface area contributed by atoms with Crippen LogP contribution in [0.2, 0.25) is 0 Å². The number of anilines is 2. The lowest BCUT2D eigenvalue weighted by molar-refractivity contribution is -0.119. The number of carbonyl (C=O) groups excluding carboxylic acids is 1. The van der Waals surface area contributed by atoms with Crippen LogP contribution in [0, 0.1) is 17.1 Å². The average Bonchev–Trinajstić information content (AvgIpc) is 3.07. The van der Waals surface area contributed by atoms with Crippen LogP contribution in [0.5, 0.6) is 0 Å². The summed E-state index contributed by atoms with van der Waals surface area (Å²) in [6.45, 7) is 12.0. The smallest absolute Gasteiger partial charge is 0.209 e. The molecule has 0 aromatic heterocycles. The first-order chi connectivity index (χ1) is 21.8. The molecule has 0 saturated carbocycles. The molecule has 2 saturated heterocycles. The number of halogens is 1. The molecule has 2 aliphatic rings. The number of benzene rings is 2. The standard InChI is InChI=1S/C28H34FN3O2.C6H12N2O.C2H6/c1-4-5-21(2)18-28(22-6-7-23(20-30)27(29)19-22)31(3)24-8-10-25(11-9-24)32-14-12-26(13-15-32)34-17-16-33;7-6-2-1-3-8(4-6)5-9;1-2/h5-11,18-19,26,33H,4,12-17H2,1-3H3;5-6H,1-4,7H2;1-2H3/b21-5-,28-18-;;. The SMILES string of the molecule is CC.CC/C=C(C)\C=C(\c1ccc(C#N)c(F)c1)N(C)c1ccc(N2CCC(OCCO)CC2)cc1.NC1CCCN(C=O)C1. The van der Waals surface area contributed by atoms with E-state index < -0.39 is 5.82 Å². The van der Waals surface area contributed by atoms with Crippen molar-refractivity contribution in [3.63, 3.8) is 0 Å². The van der Waals surface area contributed by atoms with Crippen molar-refractivity contribution in [2.75, 3.05) is 56.2 Å². The highest BCUT2D eigenvalue weighted by molar-refractivity contribution is 5.81. The molecule has 9 heteroatoms. The molecule has 2 aromatic rings. The fourth-order valence-electron chi connectivity index (χ4n) is 5.40. The van der Waals surface area contributed by atoms with Gasteiger partial charge in [0.15, 0.2) is 0 Å². The van der Waals surface area contributed by atoms with E-state index in [9.17, 15) is 9.18 Å². The summed E-state index contributed by atoms with van der Waals surface area (Å²) >= 11 is 0. The number of aliphatic hydroxyl groups excluding tert-OH is 1. The molecule has 246 valence electrons. The Morgan fingerprint density at radius 1 is 1.16 bits per heavy atom. The van der Waals surface area contributed by atoms with Crippen molar-refractivity contribution in [3.8, 4) is 6.07 Å². The van der Waals surface area contributed by atoms with Gasteiger partial charge in [0.2, 0.25) is 6.41 Å². The second-order valence-electron chi connectivity index (χ2n) is 11.1. The third-order valence-corrected chi connectivity index (χ3v) is 7.76. The first kappa shape index (κ1) is 37.5. The lowest BCUT2D eigenvalue weighted by Crippen LogP contribution is -2.41. The second kappa shape index (κ2) is 20.3. The number of piperidine rings is 2. The van der Waals surface area contributed by atoms with Crippen molar-refractivity contribution in [3.05, 3.63) is 77.1 Å². The molecule has 8 nitrogen and oxygen atoms in total. The van der Waals surface area contributed by atoms with Gasteiger partial charge in [0.1, 0.15) is 11.9 Å². The van der Waals surface area contributed by atoms with E-state index in [4.69, 9.17) is 20.8 Å². The van der Waals surface area contributed by atoms with Gasteiger partial charge in [0.25, 0.3) is 0 Å². The summed E-state index contributed by atoms with van der Waals surface area (Å²) < 4.78 is 20.1. The van der Waals surface area contributed by atoms with Gasteiger partial charge in [-0.15, -0.1) is 0 Å². The Kier molecular flexibility index (Phi) is 16.9. The van der Waals surface area contributed by atoms with Crippen LogP contribution >= 0.6 is 0 Å². The zero-order valence-electron chi connectivity index (χ0n) is 27.7. The van der Waals surface area contributed by atoms with Crippen LogP contribution in [0.1, 0.15) is 70.9 Å². The fourth-order valence-corrected chi connectivity index (χ4v) is 5.40. The zero-order valence-corrected chi connectivity index (χ0v) is 27.7. The van der Waals surface area contributed by atoms with Crippen molar-refractivity contribution in [1.29, 1.82) is 5.26 Å². The highest BCUT2D eigenvalue weighted by atomic mass is 19.1. The Hall–Kier alpha value is -3.71. The molecule has 1 atom stereocenters. The Bertz CT molecular complexity index is 1270. The van der Waals surface area contributed by atoms with Gasteiger partial charge < -0.3 is 30.3 Å². The molecular weight excluding hydrogens is 569 g/mol. The summed E-state index contributed by atoms with van der Waals surface area (Å²) in [5, 5.41) is 18.0. The fraction of sp³-hybridized carbons (Fsp3) is 0.500. The van der Waals surface area contributed by atoms with E-state index in [0.717, 1.165) is 92.9 Å². The minimum atomic E-state index is -0.516. The minimum absolute atomic E-state index is 0.0430. The predicted octanol–water partition coefficient (Wildman–Crippen LogP) is 6.10. The molecule has 2 aliphatic heterocycles. The topological polar surface area (TPSA) is 106 Å². The van der Waals surface area contributed by atoms with E-state index in [1.54, 1.807) is 11.0 Å². The molecule has 2 heterocycles. The van der Waals surface area contributed by atoms with Crippen molar-refractivity contribution < 1.29 is 19.0 Å². The number of nitrogens with zero attached hydrogens (tertiary/aromatic N) is 4. The van der Waals surface area contributed by atoms with Gasteiger partial charge >= 0.3 is 0 Å². The largest absolute Gasteiger partial charge is 0.394 e. The third-order valence-electron chi connectivity index (χ3n) is 7.76.